The van der Waals surface area contributed by atoms with Crippen LogP contribution in [0, 0.1) is 6.92 Å². The number of para-hydroxylation sites is 2. The summed E-state index contributed by atoms with van der Waals surface area (Å²) >= 11 is 0. The summed E-state index contributed by atoms with van der Waals surface area (Å²) in [6.45, 7) is 6.37. The molecule has 2 aromatic heterocycles. The van der Waals surface area contributed by atoms with E-state index in [9.17, 15) is 0 Å². The Morgan fingerprint density at radius 3 is 2.25 bits per heavy atom. The molecular weight excluding hydrogens is 394 g/mol. The first-order chi connectivity index (χ1) is 15.7. The minimum Gasteiger partial charge on any atom is -0.456 e. The second kappa shape index (κ2) is 7.20. The topological polar surface area (TPSA) is 42.8 Å². The Morgan fingerprint density at radius 1 is 0.812 bits per heavy atom. The number of aryl methyl sites for hydroxylation is 1. The average Bonchev–Trinajstić information content (AvgIpc) is 3.35. The van der Waals surface area contributed by atoms with Crippen molar-refractivity contribution in [2.75, 3.05) is 0 Å². The minimum absolute atomic E-state index is 0.452. The molecule has 0 saturated carbocycles. The van der Waals surface area contributed by atoms with Crippen LogP contribution in [0.2, 0.25) is 0 Å². The highest BCUT2D eigenvalue weighted by Gasteiger charge is 2.15. The molecule has 4 nitrogen and oxygen atoms in total. The standard InChI is InChI=1S/C28H21N3O/c1-18-14-15-25-22(16-18)27-21(10-7-13-26(27)32-25)28(29-2)30-17-31-23-11-5-3-8-19(23)20-9-4-6-12-24(20)31/h3-16H,2,17H2,1H3/b30-28-. The van der Waals surface area contributed by atoms with E-state index >= 15 is 0 Å². The number of hydrogen-bond donors (Lipinski definition) is 0. The Labute approximate surface area is 185 Å². The zero-order valence-corrected chi connectivity index (χ0v) is 17.7. The Morgan fingerprint density at radius 2 is 1.53 bits per heavy atom. The van der Waals surface area contributed by atoms with E-state index in [4.69, 9.17) is 9.41 Å². The van der Waals surface area contributed by atoms with Crippen LogP contribution in [0.3, 0.4) is 0 Å². The molecule has 0 fully saturated rings. The van der Waals surface area contributed by atoms with Gasteiger partial charge in [-0.05, 0) is 44.0 Å². The number of furan rings is 1. The number of hydrogen-bond acceptors (Lipinski definition) is 2. The first-order valence-corrected chi connectivity index (χ1v) is 10.6. The molecule has 0 aliphatic heterocycles. The fourth-order valence-electron chi connectivity index (χ4n) is 4.64. The van der Waals surface area contributed by atoms with Gasteiger partial charge in [0.05, 0.1) is 11.0 Å². The first kappa shape index (κ1) is 18.6. The van der Waals surface area contributed by atoms with E-state index < -0.39 is 0 Å². The van der Waals surface area contributed by atoms with Gasteiger partial charge in [-0.3, -0.25) is 0 Å². The van der Waals surface area contributed by atoms with Gasteiger partial charge in [0.2, 0.25) is 0 Å². The van der Waals surface area contributed by atoms with Gasteiger partial charge in [0.25, 0.3) is 0 Å². The number of fused-ring (bicyclic) bond motifs is 6. The van der Waals surface area contributed by atoms with Crippen molar-refractivity contribution in [2.24, 2.45) is 9.98 Å². The highest BCUT2D eigenvalue weighted by molar-refractivity contribution is 6.18. The van der Waals surface area contributed by atoms with Crippen molar-refractivity contribution in [1.29, 1.82) is 0 Å². The molecule has 2 heterocycles. The molecule has 0 N–H and O–H groups in total. The lowest BCUT2D eigenvalue weighted by molar-refractivity contribution is 0.669. The van der Waals surface area contributed by atoms with Crippen molar-refractivity contribution >= 4 is 56.3 Å². The van der Waals surface area contributed by atoms with Gasteiger partial charge in [-0.15, -0.1) is 0 Å². The zero-order valence-electron chi connectivity index (χ0n) is 17.7. The van der Waals surface area contributed by atoms with Gasteiger partial charge in [0.15, 0.2) is 5.84 Å². The quantitative estimate of drug-likeness (QED) is 0.224. The molecule has 0 unspecified atom stereocenters. The molecule has 0 aliphatic carbocycles. The van der Waals surface area contributed by atoms with Gasteiger partial charge in [0.1, 0.15) is 17.8 Å². The van der Waals surface area contributed by atoms with E-state index in [0.717, 1.165) is 38.5 Å². The lowest BCUT2D eigenvalue weighted by Gasteiger charge is -2.07. The van der Waals surface area contributed by atoms with Crippen LogP contribution in [0.1, 0.15) is 11.1 Å². The number of benzene rings is 4. The van der Waals surface area contributed by atoms with Gasteiger partial charge in [0, 0.05) is 27.1 Å². The minimum atomic E-state index is 0.452. The van der Waals surface area contributed by atoms with E-state index in [-0.39, 0.29) is 0 Å². The maximum atomic E-state index is 6.09. The molecule has 0 saturated heterocycles. The smallest absolute Gasteiger partial charge is 0.156 e. The van der Waals surface area contributed by atoms with Crippen molar-refractivity contribution in [3.8, 4) is 0 Å². The first-order valence-electron chi connectivity index (χ1n) is 10.6. The molecule has 32 heavy (non-hydrogen) atoms. The van der Waals surface area contributed by atoms with Gasteiger partial charge < -0.3 is 8.98 Å². The number of rotatable bonds is 3. The summed E-state index contributed by atoms with van der Waals surface area (Å²) in [5.41, 5.74) is 6.13. The second-order valence-electron chi connectivity index (χ2n) is 8.02. The number of aromatic nitrogens is 1. The molecule has 4 aromatic carbocycles. The molecule has 0 atom stereocenters. The summed E-state index contributed by atoms with van der Waals surface area (Å²) in [6, 6.07) is 29.1. The van der Waals surface area contributed by atoms with E-state index in [1.165, 1.54) is 16.3 Å². The average molecular weight is 415 g/mol. The molecule has 6 aromatic rings. The Hall–Kier alpha value is -4.18. The fourth-order valence-corrected chi connectivity index (χ4v) is 4.64. The summed E-state index contributed by atoms with van der Waals surface area (Å²) in [7, 11) is 0. The highest BCUT2D eigenvalue weighted by Crippen LogP contribution is 2.33. The molecule has 154 valence electrons. The van der Waals surface area contributed by atoms with E-state index in [1.54, 1.807) is 0 Å². The van der Waals surface area contributed by atoms with Crippen molar-refractivity contribution in [1.82, 2.24) is 4.57 Å². The van der Waals surface area contributed by atoms with Gasteiger partial charge in [-0.25, -0.2) is 9.98 Å². The lowest BCUT2D eigenvalue weighted by Crippen LogP contribution is -2.02. The van der Waals surface area contributed by atoms with E-state index in [1.807, 2.05) is 24.3 Å². The van der Waals surface area contributed by atoms with Crippen LogP contribution < -0.4 is 0 Å². The predicted octanol–water partition coefficient (Wildman–Crippen LogP) is 7.11. The fraction of sp³-hybridized carbons (Fsp3) is 0.0714. The van der Waals surface area contributed by atoms with Crippen LogP contribution >= 0.6 is 0 Å². The van der Waals surface area contributed by atoms with Crippen LogP contribution in [-0.2, 0) is 6.67 Å². The van der Waals surface area contributed by atoms with Crippen molar-refractivity contribution in [2.45, 2.75) is 13.6 Å². The highest BCUT2D eigenvalue weighted by atomic mass is 16.3. The maximum absolute atomic E-state index is 6.09. The third-order valence-electron chi connectivity index (χ3n) is 6.08. The molecule has 0 bridgehead atoms. The summed E-state index contributed by atoms with van der Waals surface area (Å²) in [5.74, 6) is 0.613. The van der Waals surface area contributed by atoms with Crippen LogP contribution in [0.4, 0.5) is 0 Å². The monoisotopic (exact) mass is 415 g/mol. The maximum Gasteiger partial charge on any atom is 0.156 e. The SMILES string of the molecule is C=N/C(=N\Cn1c2ccccc2c2ccccc21)c1cccc2oc3ccc(C)cc3c12. The summed E-state index contributed by atoms with van der Waals surface area (Å²) < 4.78 is 8.32. The van der Waals surface area contributed by atoms with Crippen molar-refractivity contribution < 1.29 is 4.42 Å². The normalized spacial score (nSPS) is 12.3. The lowest BCUT2D eigenvalue weighted by atomic mass is 10.0. The number of aliphatic imine (C=N–C) groups is 2. The summed E-state index contributed by atoms with van der Waals surface area (Å²) in [4.78, 5) is 9.24. The van der Waals surface area contributed by atoms with Crippen molar-refractivity contribution in [3.05, 3.63) is 96.1 Å². The Balaban J connectivity index is 1.54. The van der Waals surface area contributed by atoms with Crippen molar-refractivity contribution in [3.63, 3.8) is 0 Å². The zero-order chi connectivity index (χ0) is 21.7. The molecule has 4 heteroatoms. The number of amidine groups is 1. The third kappa shape index (κ3) is 2.77. The summed E-state index contributed by atoms with van der Waals surface area (Å²) in [5, 5.41) is 4.55. The molecule has 0 amide bonds. The molecule has 0 radical (unpaired) electrons. The molecular formula is C28H21N3O. The van der Waals surface area contributed by atoms with Gasteiger partial charge >= 0.3 is 0 Å². The Bertz CT molecular complexity index is 1630. The number of nitrogens with zero attached hydrogens (tertiary/aromatic N) is 3. The van der Waals surface area contributed by atoms with Crippen LogP contribution in [0.15, 0.2) is 99.3 Å². The molecule has 6 rings (SSSR count). The van der Waals surface area contributed by atoms with Crippen LogP contribution in [-0.4, -0.2) is 17.1 Å². The van der Waals surface area contributed by atoms with Crippen LogP contribution in [0.5, 0.6) is 0 Å². The summed E-state index contributed by atoms with van der Waals surface area (Å²) in [6.07, 6.45) is 0. The largest absolute Gasteiger partial charge is 0.456 e. The predicted molar refractivity (Wildman–Crippen MR) is 134 cm³/mol. The second-order valence-corrected chi connectivity index (χ2v) is 8.02. The van der Waals surface area contributed by atoms with Gasteiger partial charge in [-0.2, -0.15) is 0 Å². The molecule has 0 aliphatic rings. The van der Waals surface area contributed by atoms with Gasteiger partial charge in [-0.1, -0.05) is 60.2 Å². The Kier molecular flexibility index (Phi) is 4.18. The van der Waals surface area contributed by atoms with Crippen LogP contribution in [0.25, 0.3) is 43.7 Å². The molecule has 0 spiro atoms. The van der Waals surface area contributed by atoms with E-state index in [0.29, 0.717) is 12.5 Å². The van der Waals surface area contributed by atoms with E-state index in [2.05, 4.69) is 83.9 Å². The third-order valence-corrected chi connectivity index (χ3v) is 6.08.